The molecule has 0 fully saturated rings. The van der Waals surface area contributed by atoms with Gasteiger partial charge >= 0.3 is 0 Å². The summed E-state index contributed by atoms with van der Waals surface area (Å²) in [5.74, 6) is 0.683. The third-order valence-corrected chi connectivity index (χ3v) is 2.46. The third-order valence-electron chi connectivity index (χ3n) is 2.46. The molecule has 0 saturated carbocycles. The average molecular weight is 232 g/mol. The number of pyridine rings is 1. The molecule has 0 spiro atoms. The maximum Gasteiger partial charge on any atom is 0.217 e. The molecule has 0 atom stereocenters. The Labute approximate surface area is 100 Å². The molecule has 90 valence electrons. The Morgan fingerprint density at radius 3 is 3.12 bits per heavy atom. The molecule has 0 radical (unpaired) electrons. The molecule has 2 aromatic rings. The number of ether oxygens (including phenoxy) is 1. The highest BCUT2D eigenvalue weighted by Gasteiger charge is 2.01. The van der Waals surface area contributed by atoms with Crippen molar-refractivity contribution in [3.63, 3.8) is 0 Å². The monoisotopic (exact) mass is 232 g/mol. The maximum absolute atomic E-state index is 5.18. The van der Waals surface area contributed by atoms with Crippen molar-refractivity contribution >= 4 is 0 Å². The van der Waals surface area contributed by atoms with Crippen molar-refractivity contribution in [1.82, 2.24) is 19.9 Å². The predicted octanol–water partition coefficient (Wildman–Crippen LogP) is 1.08. The highest BCUT2D eigenvalue weighted by atomic mass is 16.5. The first-order valence-corrected chi connectivity index (χ1v) is 5.54. The van der Waals surface area contributed by atoms with Crippen LogP contribution in [0.3, 0.4) is 0 Å². The average Bonchev–Trinajstić information content (AvgIpc) is 2.88. The Morgan fingerprint density at radius 2 is 2.35 bits per heavy atom. The minimum absolute atomic E-state index is 0.683. The van der Waals surface area contributed by atoms with E-state index < -0.39 is 0 Å². The van der Waals surface area contributed by atoms with Crippen molar-refractivity contribution in [3.8, 4) is 5.88 Å². The predicted molar refractivity (Wildman–Crippen MR) is 64.7 cm³/mol. The van der Waals surface area contributed by atoms with Crippen LogP contribution in [0.25, 0.3) is 0 Å². The minimum Gasteiger partial charge on any atom is -0.481 e. The van der Waals surface area contributed by atoms with Gasteiger partial charge in [-0.1, -0.05) is 6.07 Å². The van der Waals surface area contributed by atoms with Crippen molar-refractivity contribution < 1.29 is 4.74 Å². The molecule has 0 aliphatic rings. The number of hydrogen-bond donors (Lipinski definition) is 1. The zero-order valence-corrected chi connectivity index (χ0v) is 9.84. The first-order valence-electron chi connectivity index (χ1n) is 5.54. The Bertz CT molecular complexity index is 442. The second-order valence-corrected chi connectivity index (χ2v) is 3.65. The van der Waals surface area contributed by atoms with Crippen molar-refractivity contribution in [3.05, 3.63) is 42.6 Å². The molecule has 2 rings (SSSR count). The van der Waals surface area contributed by atoms with E-state index in [2.05, 4.69) is 15.3 Å². The smallest absolute Gasteiger partial charge is 0.217 e. The number of rotatable bonds is 6. The molecular weight excluding hydrogens is 216 g/mol. The van der Waals surface area contributed by atoms with E-state index in [9.17, 15) is 0 Å². The fourth-order valence-electron chi connectivity index (χ4n) is 1.59. The standard InChI is InChI=1S/C12H16N4O/c1-17-12-11(3-2-4-15-12)9-13-5-7-16-8-6-14-10-16/h2-4,6,8,10,13H,5,7,9H2,1H3. The maximum atomic E-state index is 5.18. The summed E-state index contributed by atoms with van der Waals surface area (Å²) in [6.07, 6.45) is 7.27. The van der Waals surface area contributed by atoms with Crippen LogP contribution in [0.15, 0.2) is 37.1 Å². The van der Waals surface area contributed by atoms with E-state index in [0.717, 1.165) is 25.2 Å². The van der Waals surface area contributed by atoms with Gasteiger partial charge in [-0.05, 0) is 6.07 Å². The summed E-state index contributed by atoms with van der Waals surface area (Å²) in [6, 6.07) is 3.92. The van der Waals surface area contributed by atoms with Gasteiger partial charge in [0.2, 0.25) is 5.88 Å². The van der Waals surface area contributed by atoms with E-state index >= 15 is 0 Å². The van der Waals surface area contributed by atoms with Crippen molar-refractivity contribution in [1.29, 1.82) is 0 Å². The molecule has 0 bridgehead atoms. The lowest BCUT2D eigenvalue weighted by atomic mass is 10.2. The molecule has 17 heavy (non-hydrogen) atoms. The van der Waals surface area contributed by atoms with Crippen LogP contribution in [0.4, 0.5) is 0 Å². The zero-order valence-electron chi connectivity index (χ0n) is 9.84. The van der Waals surface area contributed by atoms with E-state index in [1.807, 2.05) is 29.2 Å². The molecule has 0 aliphatic heterocycles. The molecular formula is C12H16N4O. The Morgan fingerprint density at radius 1 is 1.41 bits per heavy atom. The van der Waals surface area contributed by atoms with Gasteiger partial charge in [0.15, 0.2) is 0 Å². The van der Waals surface area contributed by atoms with Gasteiger partial charge in [0.1, 0.15) is 0 Å². The minimum atomic E-state index is 0.683. The number of aromatic nitrogens is 3. The third kappa shape index (κ3) is 3.29. The second kappa shape index (κ2) is 6.00. The van der Waals surface area contributed by atoms with E-state index in [0.29, 0.717) is 5.88 Å². The molecule has 0 amide bonds. The fourth-order valence-corrected chi connectivity index (χ4v) is 1.59. The van der Waals surface area contributed by atoms with Crippen molar-refractivity contribution in [2.45, 2.75) is 13.1 Å². The lowest BCUT2D eigenvalue weighted by molar-refractivity contribution is 0.390. The summed E-state index contributed by atoms with van der Waals surface area (Å²) in [4.78, 5) is 8.14. The van der Waals surface area contributed by atoms with E-state index in [-0.39, 0.29) is 0 Å². The molecule has 5 heteroatoms. The van der Waals surface area contributed by atoms with Gasteiger partial charge < -0.3 is 14.6 Å². The summed E-state index contributed by atoms with van der Waals surface area (Å²) in [7, 11) is 1.64. The second-order valence-electron chi connectivity index (χ2n) is 3.65. The van der Waals surface area contributed by atoms with Crippen LogP contribution >= 0.6 is 0 Å². The van der Waals surface area contributed by atoms with Gasteiger partial charge in [-0.3, -0.25) is 0 Å². The first kappa shape index (κ1) is 11.6. The van der Waals surface area contributed by atoms with Crippen LogP contribution in [0, 0.1) is 0 Å². The highest BCUT2D eigenvalue weighted by Crippen LogP contribution is 2.12. The number of methoxy groups -OCH3 is 1. The van der Waals surface area contributed by atoms with Crippen LogP contribution in [0.1, 0.15) is 5.56 Å². The molecule has 5 nitrogen and oxygen atoms in total. The molecule has 1 N–H and O–H groups in total. The van der Waals surface area contributed by atoms with E-state index in [1.165, 1.54) is 0 Å². The fraction of sp³-hybridized carbons (Fsp3) is 0.333. The lowest BCUT2D eigenvalue weighted by Gasteiger charge is -2.08. The molecule has 0 aliphatic carbocycles. The first-order chi connectivity index (χ1) is 8.40. The summed E-state index contributed by atoms with van der Waals surface area (Å²) in [5.41, 5.74) is 1.07. The summed E-state index contributed by atoms with van der Waals surface area (Å²) >= 11 is 0. The van der Waals surface area contributed by atoms with E-state index in [1.54, 1.807) is 19.5 Å². The summed E-state index contributed by atoms with van der Waals surface area (Å²) in [5, 5.41) is 3.35. The number of nitrogens with one attached hydrogen (secondary N) is 1. The quantitative estimate of drug-likeness (QED) is 0.757. The molecule has 0 unspecified atom stereocenters. The van der Waals surface area contributed by atoms with Gasteiger partial charge in [0.05, 0.1) is 13.4 Å². The van der Waals surface area contributed by atoms with Crippen LogP contribution < -0.4 is 10.1 Å². The number of hydrogen-bond acceptors (Lipinski definition) is 4. The lowest BCUT2D eigenvalue weighted by Crippen LogP contribution is -2.19. The van der Waals surface area contributed by atoms with Gasteiger partial charge in [-0.15, -0.1) is 0 Å². The van der Waals surface area contributed by atoms with Crippen molar-refractivity contribution in [2.24, 2.45) is 0 Å². The van der Waals surface area contributed by atoms with Crippen LogP contribution in [0.5, 0.6) is 5.88 Å². The Kier molecular flexibility index (Phi) is 4.10. The van der Waals surface area contributed by atoms with Gasteiger partial charge in [-0.2, -0.15) is 0 Å². The molecule has 0 aromatic carbocycles. The topological polar surface area (TPSA) is 52.0 Å². The van der Waals surface area contributed by atoms with Crippen LogP contribution in [-0.2, 0) is 13.1 Å². The van der Waals surface area contributed by atoms with E-state index in [4.69, 9.17) is 4.74 Å². The van der Waals surface area contributed by atoms with Crippen LogP contribution in [0.2, 0.25) is 0 Å². The van der Waals surface area contributed by atoms with Gasteiger partial charge in [0, 0.05) is 43.8 Å². The number of imidazole rings is 1. The van der Waals surface area contributed by atoms with Gasteiger partial charge in [0.25, 0.3) is 0 Å². The summed E-state index contributed by atoms with van der Waals surface area (Å²) in [6.45, 7) is 2.54. The SMILES string of the molecule is COc1ncccc1CNCCn1ccnc1. The van der Waals surface area contributed by atoms with Gasteiger partial charge in [-0.25, -0.2) is 9.97 Å². The largest absolute Gasteiger partial charge is 0.481 e. The number of nitrogens with zero attached hydrogens (tertiary/aromatic N) is 3. The zero-order chi connectivity index (χ0) is 11.9. The van der Waals surface area contributed by atoms with Crippen molar-refractivity contribution in [2.75, 3.05) is 13.7 Å². The summed E-state index contributed by atoms with van der Waals surface area (Å²) < 4.78 is 7.22. The normalized spacial score (nSPS) is 10.4. The van der Waals surface area contributed by atoms with Crippen LogP contribution in [-0.4, -0.2) is 28.2 Å². The highest BCUT2D eigenvalue weighted by molar-refractivity contribution is 5.24. The molecule has 0 saturated heterocycles. The molecule has 2 heterocycles. The Hall–Kier alpha value is -1.88. The Balaban J connectivity index is 1.78. The molecule has 2 aromatic heterocycles.